The smallest absolute Gasteiger partial charge is 0.271 e. The summed E-state index contributed by atoms with van der Waals surface area (Å²) in [7, 11) is 0. The highest BCUT2D eigenvalue weighted by molar-refractivity contribution is 6.34. The molecule has 7 heteroatoms. The molecule has 2 rings (SSSR count). The molecule has 2 N–H and O–H groups in total. The molecule has 1 aromatic carbocycles. The molecule has 1 saturated heterocycles. The molecule has 0 aromatic heterocycles. The zero-order valence-corrected chi connectivity index (χ0v) is 12.8. The summed E-state index contributed by atoms with van der Waals surface area (Å²) in [5.41, 5.74) is 5.84. The van der Waals surface area contributed by atoms with E-state index in [0.29, 0.717) is 0 Å². The Bertz CT molecular complexity index is 591. The fourth-order valence-corrected chi connectivity index (χ4v) is 3.08. The summed E-state index contributed by atoms with van der Waals surface area (Å²) in [5.74, 6) is -0.282. The van der Waals surface area contributed by atoms with E-state index in [0.717, 1.165) is 19.3 Å². The number of rotatable bonds is 3. The second kappa shape index (κ2) is 5.89. The Morgan fingerprint density at radius 2 is 2.19 bits per heavy atom. The molecule has 21 heavy (non-hydrogen) atoms. The number of amides is 1. The van der Waals surface area contributed by atoms with E-state index in [-0.39, 0.29) is 40.0 Å². The van der Waals surface area contributed by atoms with Crippen LogP contribution >= 0.6 is 11.6 Å². The monoisotopic (exact) mass is 311 g/mol. The van der Waals surface area contributed by atoms with Gasteiger partial charge in [-0.25, -0.2) is 0 Å². The Morgan fingerprint density at radius 3 is 2.76 bits per heavy atom. The molecule has 1 aliphatic heterocycles. The minimum Gasteiger partial charge on any atom is -0.397 e. The van der Waals surface area contributed by atoms with Crippen molar-refractivity contribution in [3.63, 3.8) is 0 Å². The summed E-state index contributed by atoms with van der Waals surface area (Å²) in [6.45, 7) is 4.00. The van der Waals surface area contributed by atoms with E-state index in [1.807, 2.05) is 13.8 Å². The lowest BCUT2D eigenvalue weighted by atomic mass is 10.1. The fourth-order valence-electron chi connectivity index (χ4n) is 2.86. The van der Waals surface area contributed by atoms with Gasteiger partial charge in [0.1, 0.15) is 0 Å². The third-order valence-electron chi connectivity index (χ3n) is 4.05. The first-order valence-corrected chi connectivity index (χ1v) is 7.30. The predicted octanol–water partition coefficient (Wildman–Crippen LogP) is 3.23. The van der Waals surface area contributed by atoms with Crippen LogP contribution < -0.4 is 5.73 Å². The van der Waals surface area contributed by atoms with E-state index < -0.39 is 4.92 Å². The van der Waals surface area contributed by atoms with Gasteiger partial charge >= 0.3 is 0 Å². The van der Waals surface area contributed by atoms with Crippen LogP contribution in [0.25, 0.3) is 0 Å². The molecule has 1 aliphatic rings. The third-order valence-corrected chi connectivity index (χ3v) is 4.36. The maximum atomic E-state index is 12.7. The van der Waals surface area contributed by atoms with Crippen LogP contribution in [0.3, 0.4) is 0 Å². The van der Waals surface area contributed by atoms with Crippen LogP contribution in [0, 0.1) is 10.1 Å². The number of hydrogen-bond acceptors (Lipinski definition) is 4. The fraction of sp³-hybridized carbons (Fsp3) is 0.500. The molecule has 0 spiro atoms. The lowest BCUT2D eigenvalue weighted by molar-refractivity contribution is -0.384. The molecule has 0 aliphatic carbocycles. The summed E-state index contributed by atoms with van der Waals surface area (Å²) in [5, 5.41) is 11.0. The van der Waals surface area contributed by atoms with E-state index >= 15 is 0 Å². The van der Waals surface area contributed by atoms with Crippen LogP contribution in [0.1, 0.15) is 43.5 Å². The molecular weight excluding hydrogens is 294 g/mol. The Hall–Kier alpha value is -1.82. The summed E-state index contributed by atoms with van der Waals surface area (Å²) >= 11 is 5.92. The van der Waals surface area contributed by atoms with E-state index in [2.05, 4.69) is 0 Å². The van der Waals surface area contributed by atoms with Crippen molar-refractivity contribution in [3.05, 3.63) is 32.8 Å². The molecular formula is C14H18ClN3O3. The van der Waals surface area contributed by atoms with Crippen LogP contribution in [0.15, 0.2) is 12.1 Å². The van der Waals surface area contributed by atoms with Gasteiger partial charge in [-0.05, 0) is 26.2 Å². The van der Waals surface area contributed by atoms with Gasteiger partial charge in [-0.2, -0.15) is 0 Å². The molecule has 1 fully saturated rings. The van der Waals surface area contributed by atoms with E-state index in [1.165, 1.54) is 12.1 Å². The average molecular weight is 312 g/mol. The number of carbonyl (C=O) groups excluding carboxylic acids is 1. The SMILES string of the molecule is CCC1CCC(C)N1C(=O)c1cc([N+](=O)[O-])cc(Cl)c1N. The predicted molar refractivity (Wildman–Crippen MR) is 81.5 cm³/mol. The van der Waals surface area contributed by atoms with Crippen molar-refractivity contribution < 1.29 is 9.72 Å². The van der Waals surface area contributed by atoms with Crippen molar-refractivity contribution in [3.8, 4) is 0 Å². The Morgan fingerprint density at radius 1 is 1.52 bits per heavy atom. The number of nitrogens with zero attached hydrogens (tertiary/aromatic N) is 2. The molecule has 114 valence electrons. The Labute approximate surface area is 128 Å². The number of carbonyl (C=O) groups is 1. The maximum absolute atomic E-state index is 12.7. The zero-order chi connectivity index (χ0) is 15.7. The highest BCUT2D eigenvalue weighted by Gasteiger charge is 2.35. The number of nitrogens with two attached hydrogens (primary N) is 1. The molecule has 1 heterocycles. The highest BCUT2D eigenvalue weighted by Crippen LogP contribution is 2.33. The summed E-state index contributed by atoms with van der Waals surface area (Å²) in [6.07, 6.45) is 2.71. The van der Waals surface area contributed by atoms with Gasteiger partial charge in [-0.15, -0.1) is 0 Å². The first-order chi connectivity index (χ1) is 9.86. The van der Waals surface area contributed by atoms with Gasteiger partial charge in [0.25, 0.3) is 11.6 Å². The number of likely N-dealkylation sites (tertiary alicyclic amines) is 1. The van der Waals surface area contributed by atoms with Gasteiger partial charge in [0.2, 0.25) is 0 Å². The molecule has 0 bridgehead atoms. The van der Waals surface area contributed by atoms with Gasteiger partial charge in [0.15, 0.2) is 0 Å². The van der Waals surface area contributed by atoms with Crippen LogP contribution in [-0.4, -0.2) is 27.8 Å². The van der Waals surface area contributed by atoms with Gasteiger partial charge in [0, 0.05) is 24.2 Å². The van der Waals surface area contributed by atoms with Crippen molar-refractivity contribution in [1.82, 2.24) is 4.90 Å². The normalized spacial score (nSPS) is 21.6. The van der Waals surface area contributed by atoms with Gasteiger partial charge in [0.05, 0.1) is 21.2 Å². The molecule has 1 amide bonds. The number of nitro groups is 1. The van der Waals surface area contributed by atoms with Crippen molar-refractivity contribution in [1.29, 1.82) is 0 Å². The number of anilines is 1. The maximum Gasteiger partial charge on any atom is 0.271 e. The Kier molecular flexibility index (Phi) is 4.37. The van der Waals surface area contributed by atoms with Crippen molar-refractivity contribution >= 4 is 28.9 Å². The largest absolute Gasteiger partial charge is 0.397 e. The summed E-state index contributed by atoms with van der Waals surface area (Å²) < 4.78 is 0. The Balaban J connectivity index is 2.45. The second-order valence-electron chi connectivity index (χ2n) is 5.35. The number of benzene rings is 1. The van der Waals surface area contributed by atoms with Crippen LogP contribution in [0.4, 0.5) is 11.4 Å². The molecule has 1 aromatic rings. The number of halogens is 1. The van der Waals surface area contributed by atoms with Crippen molar-refractivity contribution in [2.75, 3.05) is 5.73 Å². The van der Waals surface area contributed by atoms with Crippen LogP contribution in [-0.2, 0) is 0 Å². The first-order valence-electron chi connectivity index (χ1n) is 6.92. The molecule has 0 radical (unpaired) electrons. The van der Waals surface area contributed by atoms with E-state index in [4.69, 9.17) is 17.3 Å². The quantitative estimate of drug-likeness (QED) is 0.527. The van der Waals surface area contributed by atoms with Crippen LogP contribution in [0.2, 0.25) is 5.02 Å². The highest BCUT2D eigenvalue weighted by atomic mass is 35.5. The number of hydrogen-bond donors (Lipinski definition) is 1. The summed E-state index contributed by atoms with van der Waals surface area (Å²) in [4.78, 5) is 24.9. The lowest BCUT2D eigenvalue weighted by Crippen LogP contribution is -2.40. The minimum absolute atomic E-state index is 0.0347. The van der Waals surface area contributed by atoms with E-state index in [9.17, 15) is 14.9 Å². The lowest BCUT2D eigenvalue weighted by Gasteiger charge is -2.28. The standard InChI is InChI=1S/C14H18ClN3O3/c1-3-9-5-4-8(2)17(9)14(19)11-6-10(18(20)21)7-12(15)13(11)16/h6-9H,3-5,16H2,1-2H3. The third kappa shape index (κ3) is 2.81. The zero-order valence-electron chi connectivity index (χ0n) is 12.0. The van der Waals surface area contributed by atoms with Crippen LogP contribution in [0.5, 0.6) is 0 Å². The first kappa shape index (κ1) is 15.6. The molecule has 2 unspecified atom stereocenters. The van der Waals surface area contributed by atoms with E-state index in [1.54, 1.807) is 4.90 Å². The molecule has 0 saturated carbocycles. The van der Waals surface area contributed by atoms with Crippen molar-refractivity contribution in [2.24, 2.45) is 0 Å². The molecule has 6 nitrogen and oxygen atoms in total. The van der Waals surface area contributed by atoms with Crippen molar-refractivity contribution in [2.45, 2.75) is 45.2 Å². The van der Waals surface area contributed by atoms with Gasteiger partial charge < -0.3 is 10.6 Å². The number of non-ortho nitro benzene ring substituents is 1. The number of nitro benzene ring substituents is 1. The number of nitrogen functional groups attached to an aromatic ring is 1. The molecule has 2 atom stereocenters. The average Bonchev–Trinajstić information content (AvgIpc) is 2.81. The summed E-state index contributed by atoms with van der Waals surface area (Å²) in [6, 6.07) is 2.62. The second-order valence-corrected chi connectivity index (χ2v) is 5.75. The van der Waals surface area contributed by atoms with Gasteiger partial charge in [-0.1, -0.05) is 18.5 Å². The minimum atomic E-state index is -0.577. The topological polar surface area (TPSA) is 89.5 Å². The van der Waals surface area contributed by atoms with Gasteiger partial charge in [-0.3, -0.25) is 14.9 Å².